The molecule has 0 spiro atoms. The van der Waals surface area contributed by atoms with Gasteiger partial charge in [0, 0.05) is 26.7 Å². The lowest BCUT2D eigenvalue weighted by atomic mass is 10.1. The zero-order valence-corrected chi connectivity index (χ0v) is 10.8. The number of aryl methyl sites for hydroxylation is 1. The van der Waals surface area contributed by atoms with Gasteiger partial charge in [-0.3, -0.25) is 9.59 Å². The third-order valence-corrected chi connectivity index (χ3v) is 2.47. The molecule has 0 heterocycles. The summed E-state index contributed by atoms with van der Waals surface area (Å²) in [5.74, 6) is -1.17. The van der Waals surface area contributed by atoms with Gasteiger partial charge in [0.15, 0.2) is 0 Å². The van der Waals surface area contributed by atoms with Crippen molar-refractivity contribution in [2.24, 2.45) is 5.73 Å². The van der Waals surface area contributed by atoms with Crippen molar-refractivity contribution < 1.29 is 9.59 Å². The van der Waals surface area contributed by atoms with Crippen molar-refractivity contribution >= 4 is 11.8 Å². The van der Waals surface area contributed by atoms with Crippen LogP contribution in [0.2, 0.25) is 0 Å². The van der Waals surface area contributed by atoms with Gasteiger partial charge < -0.3 is 16.0 Å². The average Bonchev–Trinajstić information content (AvgIpc) is 2.35. The van der Waals surface area contributed by atoms with Crippen LogP contribution in [0.3, 0.4) is 0 Å². The highest BCUT2D eigenvalue weighted by Gasteiger charge is 2.17. The highest BCUT2D eigenvalue weighted by Crippen LogP contribution is 2.06. The van der Waals surface area contributed by atoms with Crippen LogP contribution in [-0.4, -0.2) is 36.9 Å². The van der Waals surface area contributed by atoms with Crippen molar-refractivity contribution in [1.82, 2.24) is 10.2 Å². The number of rotatable bonds is 4. The summed E-state index contributed by atoms with van der Waals surface area (Å²) in [6.07, 6.45) is 0. The summed E-state index contributed by atoms with van der Waals surface area (Å²) >= 11 is 0. The minimum atomic E-state index is -0.615. The number of nitrogens with two attached hydrogens (primary N) is 1. The van der Waals surface area contributed by atoms with Crippen LogP contribution in [-0.2, 0) is 16.1 Å². The molecule has 0 unspecified atom stereocenters. The molecule has 0 aliphatic carbocycles. The number of likely N-dealkylation sites (N-methyl/N-ethyl adjacent to an activating group) is 1. The fraction of sp³-hybridized carbons (Fsp3) is 0.385. The number of hydrogen-bond donors (Lipinski definition) is 2. The summed E-state index contributed by atoms with van der Waals surface area (Å²) in [6, 6.07) is 7.83. The van der Waals surface area contributed by atoms with Gasteiger partial charge in [0.2, 0.25) is 0 Å². The molecule has 0 aliphatic rings. The molecule has 98 valence electrons. The van der Waals surface area contributed by atoms with E-state index in [2.05, 4.69) is 5.32 Å². The Morgan fingerprint density at radius 2 is 2.11 bits per heavy atom. The lowest BCUT2D eigenvalue weighted by Crippen LogP contribution is -2.42. The molecule has 5 heteroatoms. The topological polar surface area (TPSA) is 75.4 Å². The van der Waals surface area contributed by atoms with Crippen LogP contribution < -0.4 is 11.1 Å². The van der Waals surface area contributed by atoms with Gasteiger partial charge in [-0.1, -0.05) is 29.8 Å². The molecule has 5 nitrogen and oxygen atoms in total. The van der Waals surface area contributed by atoms with Crippen LogP contribution in [0.25, 0.3) is 0 Å². The van der Waals surface area contributed by atoms with E-state index in [1.165, 1.54) is 4.90 Å². The van der Waals surface area contributed by atoms with E-state index in [1.54, 1.807) is 7.05 Å². The Labute approximate surface area is 107 Å². The molecule has 1 aromatic carbocycles. The number of carbonyl (C=O) groups excluding carboxylic acids is 2. The van der Waals surface area contributed by atoms with Crippen LogP contribution in [0.15, 0.2) is 24.3 Å². The number of hydrogen-bond acceptors (Lipinski definition) is 3. The van der Waals surface area contributed by atoms with E-state index in [1.807, 2.05) is 31.2 Å². The Hall–Kier alpha value is -1.88. The quantitative estimate of drug-likeness (QED) is 0.739. The van der Waals surface area contributed by atoms with Gasteiger partial charge in [-0.25, -0.2) is 0 Å². The van der Waals surface area contributed by atoms with Crippen LogP contribution in [0, 0.1) is 6.92 Å². The van der Waals surface area contributed by atoms with Crippen LogP contribution in [0.4, 0.5) is 0 Å². The zero-order chi connectivity index (χ0) is 13.5. The van der Waals surface area contributed by atoms with E-state index in [0.717, 1.165) is 11.1 Å². The second kappa shape index (κ2) is 6.76. The highest BCUT2D eigenvalue weighted by atomic mass is 16.2. The van der Waals surface area contributed by atoms with Gasteiger partial charge in [-0.05, 0) is 12.5 Å². The normalized spacial score (nSPS) is 9.94. The van der Waals surface area contributed by atoms with Crippen LogP contribution in [0.1, 0.15) is 11.1 Å². The molecule has 0 saturated heterocycles. The summed E-state index contributed by atoms with van der Waals surface area (Å²) in [5.41, 5.74) is 7.38. The maximum Gasteiger partial charge on any atom is 0.311 e. The summed E-state index contributed by atoms with van der Waals surface area (Å²) in [5, 5.41) is 2.46. The Kier molecular flexibility index (Phi) is 5.32. The molecular formula is C13H19N3O2. The lowest BCUT2D eigenvalue weighted by Gasteiger charge is -2.16. The molecule has 0 aromatic heterocycles. The SMILES string of the molecule is Cc1cccc(CN(C)C(=O)C(=O)NCCN)c1. The molecular weight excluding hydrogens is 230 g/mol. The molecule has 0 radical (unpaired) electrons. The first-order valence-electron chi connectivity index (χ1n) is 5.83. The Morgan fingerprint density at radius 1 is 1.39 bits per heavy atom. The Morgan fingerprint density at radius 3 is 2.72 bits per heavy atom. The molecule has 0 saturated carbocycles. The molecule has 3 N–H and O–H groups in total. The smallest absolute Gasteiger partial charge is 0.311 e. The molecule has 0 aliphatic heterocycles. The predicted molar refractivity (Wildman–Crippen MR) is 69.7 cm³/mol. The third-order valence-electron chi connectivity index (χ3n) is 2.47. The first kappa shape index (κ1) is 14.2. The molecule has 0 fully saturated rings. The van der Waals surface area contributed by atoms with E-state index < -0.39 is 11.8 Å². The lowest BCUT2D eigenvalue weighted by molar-refractivity contribution is -0.145. The molecule has 0 bridgehead atoms. The van der Waals surface area contributed by atoms with E-state index in [-0.39, 0.29) is 0 Å². The van der Waals surface area contributed by atoms with Gasteiger partial charge in [0.25, 0.3) is 0 Å². The van der Waals surface area contributed by atoms with E-state index in [0.29, 0.717) is 19.6 Å². The maximum atomic E-state index is 11.7. The minimum absolute atomic E-state index is 0.308. The van der Waals surface area contributed by atoms with Gasteiger partial charge in [0.05, 0.1) is 0 Å². The highest BCUT2D eigenvalue weighted by molar-refractivity contribution is 6.34. The van der Waals surface area contributed by atoms with Crippen molar-refractivity contribution in [3.05, 3.63) is 35.4 Å². The number of benzene rings is 1. The van der Waals surface area contributed by atoms with E-state index in [4.69, 9.17) is 5.73 Å². The van der Waals surface area contributed by atoms with Crippen molar-refractivity contribution in [2.45, 2.75) is 13.5 Å². The van der Waals surface area contributed by atoms with Crippen molar-refractivity contribution in [3.63, 3.8) is 0 Å². The summed E-state index contributed by atoms with van der Waals surface area (Å²) < 4.78 is 0. The fourth-order valence-corrected chi connectivity index (χ4v) is 1.59. The molecule has 2 amide bonds. The zero-order valence-electron chi connectivity index (χ0n) is 10.8. The second-order valence-electron chi connectivity index (χ2n) is 4.19. The van der Waals surface area contributed by atoms with Gasteiger partial charge >= 0.3 is 11.8 Å². The largest absolute Gasteiger partial charge is 0.347 e. The molecule has 0 atom stereocenters. The van der Waals surface area contributed by atoms with E-state index in [9.17, 15) is 9.59 Å². The van der Waals surface area contributed by atoms with Crippen LogP contribution in [0.5, 0.6) is 0 Å². The molecule has 1 aromatic rings. The third kappa shape index (κ3) is 4.18. The number of amides is 2. The van der Waals surface area contributed by atoms with Crippen LogP contribution >= 0.6 is 0 Å². The Bertz CT molecular complexity index is 432. The number of carbonyl (C=O) groups is 2. The summed E-state index contributed by atoms with van der Waals surface area (Å²) in [4.78, 5) is 24.5. The van der Waals surface area contributed by atoms with Gasteiger partial charge in [-0.2, -0.15) is 0 Å². The van der Waals surface area contributed by atoms with Crippen molar-refractivity contribution in [3.8, 4) is 0 Å². The van der Waals surface area contributed by atoms with Gasteiger partial charge in [0.1, 0.15) is 0 Å². The first-order chi connectivity index (χ1) is 8.54. The monoisotopic (exact) mass is 249 g/mol. The second-order valence-corrected chi connectivity index (χ2v) is 4.19. The van der Waals surface area contributed by atoms with E-state index >= 15 is 0 Å². The first-order valence-corrected chi connectivity index (χ1v) is 5.83. The summed E-state index contributed by atoms with van der Waals surface area (Å²) in [6.45, 7) is 3.03. The summed E-state index contributed by atoms with van der Waals surface area (Å²) in [7, 11) is 1.60. The fourth-order valence-electron chi connectivity index (χ4n) is 1.59. The predicted octanol–water partition coefficient (Wildman–Crippen LogP) is 0.0283. The molecule has 1 rings (SSSR count). The number of nitrogens with one attached hydrogen (secondary N) is 1. The van der Waals surface area contributed by atoms with Crippen molar-refractivity contribution in [1.29, 1.82) is 0 Å². The minimum Gasteiger partial charge on any atom is -0.347 e. The molecule has 18 heavy (non-hydrogen) atoms. The Balaban J connectivity index is 2.57. The van der Waals surface area contributed by atoms with Crippen molar-refractivity contribution in [2.75, 3.05) is 20.1 Å². The standard InChI is InChI=1S/C13H19N3O2/c1-10-4-3-5-11(8-10)9-16(2)13(18)12(17)15-7-6-14/h3-5,8H,6-7,9,14H2,1-2H3,(H,15,17). The van der Waals surface area contributed by atoms with Gasteiger partial charge in [-0.15, -0.1) is 0 Å². The number of nitrogens with zero attached hydrogens (tertiary/aromatic N) is 1. The maximum absolute atomic E-state index is 11.7. The average molecular weight is 249 g/mol.